The molecule has 14 bridgehead atoms. The van der Waals surface area contributed by atoms with Crippen molar-refractivity contribution in [2.45, 2.75) is 227 Å². The molecule has 37 atom stereocenters. The highest BCUT2D eigenvalue weighted by atomic mass is 32.2. The van der Waals surface area contributed by atoms with E-state index < -0.39 is 266 Å². The van der Waals surface area contributed by atoms with Crippen LogP contribution >= 0.6 is 23.5 Å². The smallest absolute Gasteiger partial charge is 0.321 e. The van der Waals surface area contributed by atoms with Crippen molar-refractivity contribution in [1.82, 2.24) is 0 Å². The van der Waals surface area contributed by atoms with Crippen molar-refractivity contribution in [2.75, 3.05) is 56.0 Å². The fourth-order valence-electron chi connectivity index (χ4n) is 11.1. The third-order valence-corrected chi connectivity index (χ3v) is 18.4. The molecular formula is C48H80N2O36S2. The van der Waals surface area contributed by atoms with Gasteiger partial charge in [-0.05, 0) is 0 Å². The minimum atomic E-state index is -2.25. The summed E-state index contributed by atoms with van der Waals surface area (Å²) in [5, 5.41) is 224. The number of aldehydes is 1. The lowest BCUT2D eigenvalue weighted by molar-refractivity contribution is -0.395. The maximum Gasteiger partial charge on any atom is 0.321 e. The van der Waals surface area contributed by atoms with Crippen molar-refractivity contribution >= 4 is 35.8 Å². The van der Waals surface area contributed by atoms with E-state index in [1.807, 2.05) is 0 Å². The fourth-order valence-corrected chi connectivity index (χ4v) is 13.2. The predicted molar refractivity (Wildman–Crippen MR) is 279 cm³/mol. The molecule has 21 rings (SSSR count). The minimum absolute atomic E-state index is 0.0747. The number of hydrogen-bond acceptors (Lipinski definition) is 39. The number of carboxylic acids is 1. The van der Waals surface area contributed by atoms with Crippen LogP contribution in [-0.2, 0) is 75.9 Å². The molecule has 0 aromatic heterocycles. The molecule has 0 radical (unpaired) electrons. The van der Waals surface area contributed by atoms with E-state index in [1.54, 1.807) is 0 Å². The number of aliphatic hydroxyl groups is 19. The summed E-state index contributed by atoms with van der Waals surface area (Å²) in [6.45, 7) is -5.35. The number of thioether (sulfide) groups is 2. The molecule has 21 heterocycles. The summed E-state index contributed by atoms with van der Waals surface area (Å²) in [6.07, 6.45) is -70.1. The zero-order chi connectivity index (χ0) is 64.3. The predicted octanol–water partition coefficient (Wildman–Crippen LogP) is -14.8. The number of rotatable bonds is 15. The van der Waals surface area contributed by atoms with Crippen LogP contribution in [0.1, 0.15) is 0 Å². The van der Waals surface area contributed by atoms with Gasteiger partial charge in [-0.1, -0.05) is 0 Å². The number of aliphatic hydroxyl groups excluding tert-OH is 19. The van der Waals surface area contributed by atoms with E-state index in [0.29, 0.717) is 6.29 Å². The summed E-state index contributed by atoms with van der Waals surface area (Å²) in [5.74, 6) is -2.47. The second kappa shape index (κ2) is 31.8. The maximum atomic E-state index is 11.7. The van der Waals surface area contributed by atoms with Crippen LogP contribution in [0.4, 0.5) is 0 Å². The Kier molecular flexibility index (Phi) is 26.1. The molecule has 0 saturated carbocycles. The number of nitrogens with two attached hydrogens (primary N) is 2. The summed E-state index contributed by atoms with van der Waals surface area (Å²) in [5.41, 5.74) is 11.5. The highest BCUT2D eigenvalue weighted by Crippen LogP contribution is 2.40. The van der Waals surface area contributed by atoms with Gasteiger partial charge in [-0.3, -0.25) is 4.79 Å². The molecule has 88 heavy (non-hydrogen) atoms. The Bertz CT molecular complexity index is 2180. The van der Waals surface area contributed by atoms with Crippen LogP contribution in [0.3, 0.4) is 0 Å². The Hall–Kier alpha value is -1.56. The molecule has 21 saturated heterocycles. The van der Waals surface area contributed by atoms with Crippen molar-refractivity contribution in [2.24, 2.45) is 11.5 Å². The summed E-state index contributed by atoms with van der Waals surface area (Å²) in [7, 11) is 0. The van der Waals surface area contributed by atoms with Gasteiger partial charge in [0.1, 0.15) is 171 Å². The van der Waals surface area contributed by atoms with Crippen LogP contribution in [0.15, 0.2) is 0 Å². The molecule has 24 N–H and O–H groups in total. The minimum Gasteiger partial charge on any atom is -0.480 e. The molecule has 38 nitrogen and oxygen atoms in total. The Labute approximate surface area is 507 Å². The van der Waals surface area contributed by atoms with Gasteiger partial charge in [0.05, 0.1) is 51.3 Å². The lowest BCUT2D eigenvalue weighted by atomic mass is 9.95. The molecule has 0 aliphatic carbocycles. The highest BCUT2D eigenvalue weighted by molar-refractivity contribution is 7.99. The fraction of sp³-hybridized carbons (Fsp3) is 0.958. The Balaban J connectivity index is 1.11. The third kappa shape index (κ3) is 15.5. The van der Waals surface area contributed by atoms with Gasteiger partial charge < -0.3 is 185 Å². The quantitative estimate of drug-likeness (QED) is 0.0677. The number of hydrogen-bond donors (Lipinski definition) is 22. The lowest BCUT2D eigenvalue weighted by Crippen LogP contribution is -2.68. The van der Waals surface area contributed by atoms with Crippen molar-refractivity contribution < 1.29 is 178 Å². The standard InChI is InChI=1S/C48H80N2O36S2/c49-11(1-51)7-87-9-18-39-25(62)32(69)47(78-18)83-37-16(5-55)74-43(28(65)21(37)58)80-34-13(2-52)73-42(27(64)20(34)57)81-36-15(4-54)77-46(31(68)24(36)61)86-40-19(10-88-8-12(50)41(71)72)79-48(33(70)26(40)63)84-38-17(6-56)75-44(29(66)22(38)59)82-35-14(3-53)76-45(85-39)30(67)23(35)60/h1,11-40,42-48,52-70H,2-10,49-50H2,(H,71,72)/t11-,12+,13?,14?,15?,16?,17?,18?,19?,20+,21+,22+,23+,24+,25+,26+,27?,28?,29?,30?,31?,32?,33?,34+,35+,36+,37+,38+,39+,40-,42+,43+,44-,45-,46+,47-,48+/m0/s1. The molecule has 0 aromatic rings. The van der Waals surface area contributed by atoms with Gasteiger partial charge in [0.2, 0.25) is 0 Å². The topological polar surface area (TPSA) is 620 Å². The number of carbonyl (C=O) groups is 2. The molecule has 21 aliphatic heterocycles. The number of ether oxygens (including phenoxy) is 14. The van der Waals surface area contributed by atoms with Gasteiger partial charge in [-0.25, -0.2) is 0 Å². The van der Waals surface area contributed by atoms with Crippen molar-refractivity contribution in [3.05, 3.63) is 0 Å². The largest absolute Gasteiger partial charge is 0.480 e. The van der Waals surface area contributed by atoms with Crippen LogP contribution in [0, 0.1) is 0 Å². The van der Waals surface area contributed by atoms with E-state index in [4.69, 9.17) is 77.8 Å². The van der Waals surface area contributed by atoms with Crippen LogP contribution in [0.25, 0.3) is 0 Å². The molecular weight excluding hydrogens is 1240 g/mol. The van der Waals surface area contributed by atoms with E-state index in [9.17, 15) is 112 Å². The van der Waals surface area contributed by atoms with E-state index in [1.165, 1.54) is 0 Å². The summed E-state index contributed by atoms with van der Waals surface area (Å²) in [4.78, 5) is 23.0. The van der Waals surface area contributed by atoms with E-state index in [0.717, 1.165) is 23.5 Å². The zero-order valence-electron chi connectivity index (χ0n) is 46.3. The van der Waals surface area contributed by atoms with Crippen LogP contribution < -0.4 is 11.5 Å². The average molecular weight is 1330 g/mol. The second-order valence-electron chi connectivity index (χ2n) is 22.1. The van der Waals surface area contributed by atoms with Crippen LogP contribution in [-0.4, -0.2) is 397 Å². The first-order chi connectivity index (χ1) is 41.8. The van der Waals surface area contributed by atoms with Crippen molar-refractivity contribution in [3.8, 4) is 0 Å². The summed E-state index contributed by atoms with van der Waals surface area (Å²) in [6, 6.07) is -2.49. The molecule has 0 aromatic carbocycles. The van der Waals surface area contributed by atoms with E-state index >= 15 is 0 Å². The molecule has 510 valence electrons. The average Bonchev–Trinajstić information content (AvgIpc) is 1.88. The van der Waals surface area contributed by atoms with Gasteiger partial charge in [0.15, 0.2) is 44.0 Å². The Morgan fingerprint density at radius 3 is 0.716 bits per heavy atom. The molecule has 21 fully saturated rings. The first-order valence-corrected chi connectivity index (χ1v) is 30.2. The van der Waals surface area contributed by atoms with Crippen molar-refractivity contribution in [3.63, 3.8) is 0 Å². The molecule has 0 amide bonds. The highest BCUT2D eigenvalue weighted by Gasteiger charge is 2.59. The molecule has 0 spiro atoms. The van der Waals surface area contributed by atoms with Gasteiger partial charge in [-0.2, -0.15) is 23.5 Å². The van der Waals surface area contributed by atoms with Crippen LogP contribution in [0.5, 0.6) is 0 Å². The molecule has 14 unspecified atom stereocenters. The zero-order valence-corrected chi connectivity index (χ0v) is 47.9. The summed E-state index contributed by atoms with van der Waals surface area (Å²) < 4.78 is 81.8. The maximum absolute atomic E-state index is 11.7. The Morgan fingerprint density at radius 2 is 0.523 bits per heavy atom. The van der Waals surface area contributed by atoms with E-state index in [-0.39, 0.29) is 23.0 Å². The van der Waals surface area contributed by atoms with Crippen LogP contribution in [0.2, 0.25) is 0 Å². The number of aliphatic carboxylic acids is 1. The number of carboxylic acid groups (broad SMARTS) is 1. The van der Waals surface area contributed by atoms with Crippen molar-refractivity contribution in [1.29, 1.82) is 0 Å². The Morgan fingerprint density at radius 1 is 0.330 bits per heavy atom. The normalized spacial score (nSPS) is 50.6. The van der Waals surface area contributed by atoms with Gasteiger partial charge in [0.25, 0.3) is 0 Å². The monoisotopic (exact) mass is 1320 g/mol. The molecule has 21 aliphatic rings. The van der Waals surface area contributed by atoms with Gasteiger partial charge in [0, 0.05) is 23.0 Å². The molecule has 40 heteroatoms. The van der Waals surface area contributed by atoms with Gasteiger partial charge in [-0.15, -0.1) is 0 Å². The van der Waals surface area contributed by atoms with Gasteiger partial charge >= 0.3 is 5.97 Å². The van der Waals surface area contributed by atoms with E-state index in [2.05, 4.69) is 0 Å². The SMILES string of the molecule is N[C@H](CSCC1O[C@@H]2O[C@@H]3C(CO)O[C@@H](O[C@@H]4C(CO)O[C@@H](O[C@@H]5C(CSC[C@@H](N)C=O)O[C@@H](O[C@@H]6C(CO)O[C@H](O[C@@H]7C(CO)O[C@H](O[C@@H]8C(CO)O[C@H](O[C@@H]1[C@H](O)C2O)C(O)[C@H]8O)C(O)[C@H]7O)C(O)[C@H]6O)C(O)[C@H]5O)C(O)[C@H]4O)C(O)[C@H]3O)C(=O)O. The number of carbonyl (C=O) groups excluding carboxylic acids is 1. The lowest BCUT2D eigenvalue weighted by Gasteiger charge is -2.50. The first kappa shape index (κ1) is 72.3. The summed E-state index contributed by atoms with van der Waals surface area (Å²) >= 11 is 1.75. The second-order valence-corrected chi connectivity index (χ2v) is 24.3. The third-order valence-electron chi connectivity index (χ3n) is 16.1. The first-order valence-electron chi connectivity index (χ1n) is 27.9.